The molecule has 0 aliphatic carbocycles. The Balaban J connectivity index is 1.39. The summed E-state index contributed by atoms with van der Waals surface area (Å²) >= 11 is 5.88. The van der Waals surface area contributed by atoms with E-state index in [0.29, 0.717) is 22.9 Å². The number of nitrogens with one attached hydrogen (secondary N) is 1. The Morgan fingerprint density at radius 3 is 2.23 bits per heavy atom. The Morgan fingerprint density at radius 2 is 1.55 bits per heavy atom. The summed E-state index contributed by atoms with van der Waals surface area (Å²) in [7, 11) is 0. The number of nitrogens with zero attached hydrogens (tertiary/aromatic N) is 1. The van der Waals surface area contributed by atoms with Crippen LogP contribution in [0.3, 0.4) is 0 Å². The van der Waals surface area contributed by atoms with Crippen molar-refractivity contribution in [2.75, 3.05) is 0 Å². The summed E-state index contributed by atoms with van der Waals surface area (Å²) in [5.74, 6) is -0.128. The molecule has 0 bridgehead atoms. The molecular formula is C24H18ClFN2O3. The van der Waals surface area contributed by atoms with Crippen molar-refractivity contribution in [1.29, 1.82) is 0 Å². The normalized spacial score (nSPS) is 14.8. The summed E-state index contributed by atoms with van der Waals surface area (Å²) in [5.41, 5.74) is 2.58. The number of amides is 3. The van der Waals surface area contributed by atoms with Crippen molar-refractivity contribution < 1.29 is 18.7 Å². The van der Waals surface area contributed by atoms with Gasteiger partial charge in [0.1, 0.15) is 23.9 Å². The van der Waals surface area contributed by atoms with Crippen molar-refractivity contribution in [2.24, 2.45) is 0 Å². The third kappa shape index (κ3) is 5.10. The van der Waals surface area contributed by atoms with E-state index in [9.17, 15) is 14.0 Å². The molecule has 1 aliphatic heterocycles. The lowest BCUT2D eigenvalue weighted by atomic mass is 10.1. The number of imide groups is 1. The Bertz CT molecular complexity index is 1130. The Morgan fingerprint density at radius 1 is 0.903 bits per heavy atom. The van der Waals surface area contributed by atoms with Crippen LogP contribution in [0.25, 0.3) is 6.08 Å². The van der Waals surface area contributed by atoms with Gasteiger partial charge in [0.15, 0.2) is 0 Å². The molecule has 3 aromatic carbocycles. The molecule has 0 aromatic heterocycles. The third-order valence-corrected chi connectivity index (χ3v) is 4.98. The second kappa shape index (κ2) is 9.02. The second-order valence-electron chi connectivity index (χ2n) is 6.99. The molecule has 0 atom stereocenters. The summed E-state index contributed by atoms with van der Waals surface area (Å²) in [5, 5.41) is 3.25. The van der Waals surface area contributed by atoms with Gasteiger partial charge in [0.25, 0.3) is 5.91 Å². The van der Waals surface area contributed by atoms with Gasteiger partial charge in [-0.2, -0.15) is 0 Å². The van der Waals surface area contributed by atoms with E-state index in [1.54, 1.807) is 42.5 Å². The fraction of sp³-hybridized carbons (Fsp3) is 0.0833. The number of hydrogen-bond donors (Lipinski definition) is 1. The molecule has 3 aromatic rings. The van der Waals surface area contributed by atoms with E-state index >= 15 is 0 Å². The van der Waals surface area contributed by atoms with Crippen molar-refractivity contribution in [3.05, 3.63) is 106 Å². The lowest BCUT2D eigenvalue weighted by Crippen LogP contribution is -2.30. The monoisotopic (exact) mass is 436 g/mol. The summed E-state index contributed by atoms with van der Waals surface area (Å²) in [4.78, 5) is 25.9. The van der Waals surface area contributed by atoms with E-state index in [4.69, 9.17) is 16.3 Å². The van der Waals surface area contributed by atoms with E-state index < -0.39 is 11.9 Å². The molecule has 1 N–H and O–H groups in total. The zero-order chi connectivity index (χ0) is 21.8. The summed E-state index contributed by atoms with van der Waals surface area (Å²) in [6.45, 7) is 0.476. The molecule has 31 heavy (non-hydrogen) atoms. The molecule has 0 spiro atoms. The summed E-state index contributed by atoms with van der Waals surface area (Å²) in [6.07, 6.45) is 1.61. The molecule has 0 radical (unpaired) electrons. The quantitative estimate of drug-likeness (QED) is 0.429. The minimum atomic E-state index is -0.511. The number of rotatable bonds is 6. The predicted octanol–water partition coefficient (Wildman–Crippen LogP) is 5.15. The van der Waals surface area contributed by atoms with E-state index in [2.05, 4.69) is 5.32 Å². The van der Waals surface area contributed by atoms with Gasteiger partial charge in [-0.3, -0.25) is 9.69 Å². The van der Waals surface area contributed by atoms with Gasteiger partial charge in [-0.15, -0.1) is 0 Å². The van der Waals surface area contributed by atoms with Crippen LogP contribution in [-0.2, 0) is 17.9 Å². The van der Waals surface area contributed by atoms with Gasteiger partial charge in [0, 0.05) is 5.02 Å². The van der Waals surface area contributed by atoms with Crippen molar-refractivity contribution in [1.82, 2.24) is 10.2 Å². The predicted molar refractivity (Wildman–Crippen MR) is 116 cm³/mol. The maximum Gasteiger partial charge on any atom is 0.329 e. The van der Waals surface area contributed by atoms with Gasteiger partial charge in [-0.1, -0.05) is 48.0 Å². The smallest absolute Gasteiger partial charge is 0.329 e. The summed E-state index contributed by atoms with van der Waals surface area (Å²) < 4.78 is 18.8. The molecule has 1 fully saturated rings. The molecule has 4 rings (SSSR count). The minimum Gasteiger partial charge on any atom is -0.489 e. The molecule has 156 valence electrons. The fourth-order valence-corrected chi connectivity index (χ4v) is 3.19. The maximum absolute atomic E-state index is 13.1. The highest BCUT2D eigenvalue weighted by Crippen LogP contribution is 2.20. The first-order chi connectivity index (χ1) is 15.0. The van der Waals surface area contributed by atoms with Crippen molar-refractivity contribution in [3.8, 4) is 5.75 Å². The zero-order valence-electron chi connectivity index (χ0n) is 16.3. The van der Waals surface area contributed by atoms with Gasteiger partial charge in [-0.05, 0) is 59.2 Å². The lowest BCUT2D eigenvalue weighted by molar-refractivity contribution is -0.123. The van der Waals surface area contributed by atoms with Crippen LogP contribution in [-0.4, -0.2) is 16.8 Å². The van der Waals surface area contributed by atoms with Crippen LogP contribution in [0.2, 0.25) is 5.02 Å². The first-order valence-corrected chi connectivity index (χ1v) is 9.92. The minimum absolute atomic E-state index is 0.0692. The van der Waals surface area contributed by atoms with E-state index in [1.165, 1.54) is 12.1 Å². The zero-order valence-corrected chi connectivity index (χ0v) is 17.1. The van der Waals surface area contributed by atoms with E-state index in [1.807, 2.05) is 24.3 Å². The number of halogens is 2. The van der Waals surface area contributed by atoms with E-state index in [0.717, 1.165) is 16.0 Å². The molecule has 7 heteroatoms. The molecule has 5 nitrogen and oxygen atoms in total. The van der Waals surface area contributed by atoms with E-state index in [-0.39, 0.29) is 18.1 Å². The van der Waals surface area contributed by atoms with Crippen LogP contribution in [0.15, 0.2) is 78.5 Å². The number of hydrogen-bond acceptors (Lipinski definition) is 3. The van der Waals surface area contributed by atoms with Gasteiger partial charge in [0.2, 0.25) is 0 Å². The topological polar surface area (TPSA) is 58.6 Å². The van der Waals surface area contributed by atoms with Gasteiger partial charge >= 0.3 is 6.03 Å². The highest BCUT2D eigenvalue weighted by atomic mass is 35.5. The molecule has 3 amide bonds. The number of benzene rings is 3. The molecule has 1 saturated heterocycles. The van der Waals surface area contributed by atoms with Crippen molar-refractivity contribution >= 4 is 29.6 Å². The average Bonchev–Trinajstić information content (AvgIpc) is 3.03. The number of urea groups is 1. The molecule has 0 saturated carbocycles. The Labute approximate surface area is 183 Å². The molecule has 1 aliphatic rings. The SMILES string of the molecule is O=C1NC(=Cc2ccc(OCc3ccc(Cl)cc3)cc2)C(=O)N1Cc1ccc(F)cc1. The fourth-order valence-electron chi connectivity index (χ4n) is 3.06. The highest BCUT2D eigenvalue weighted by Gasteiger charge is 2.33. The Kier molecular flexibility index (Phi) is 6.00. The van der Waals surface area contributed by atoms with Crippen LogP contribution < -0.4 is 10.1 Å². The lowest BCUT2D eigenvalue weighted by Gasteiger charge is -2.11. The average molecular weight is 437 g/mol. The van der Waals surface area contributed by atoms with Crippen LogP contribution in [0.5, 0.6) is 5.75 Å². The van der Waals surface area contributed by atoms with Crippen molar-refractivity contribution in [2.45, 2.75) is 13.2 Å². The van der Waals surface area contributed by atoms with Crippen molar-refractivity contribution in [3.63, 3.8) is 0 Å². The largest absolute Gasteiger partial charge is 0.489 e. The standard InChI is InChI=1S/C24H18ClFN2O3/c25-19-7-1-18(2-8-19)15-31-21-11-5-16(6-12-21)13-22-23(29)28(24(30)27-22)14-17-3-9-20(26)10-4-17/h1-13H,14-15H2,(H,27,30). The highest BCUT2D eigenvalue weighted by molar-refractivity contribution is 6.30. The van der Waals surface area contributed by atoms with Crippen LogP contribution >= 0.6 is 11.6 Å². The number of carbonyl (C=O) groups is 2. The van der Waals surface area contributed by atoms with Gasteiger partial charge in [-0.25, -0.2) is 9.18 Å². The van der Waals surface area contributed by atoms with Crippen LogP contribution in [0.4, 0.5) is 9.18 Å². The van der Waals surface area contributed by atoms with Crippen LogP contribution in [0.1, 0.15) is 16.7 Å². The first kappa shape index (κ1) is 20.6. The summed E-state index contributed by atoms with van der Waals surface area (Å²) in [6, 6.07) is 19.7. The third-order valence-electron chi connectivity index (χ3n) is 4.73. The molecule has 1 heterocycles. The van der Waals surface area contributed by atoms with Crippen LogP contribution in [0, 0.1) is 5.82 Å². The number of ether oxygens (including phenoxy) is 1. The first-order valence-electron chi connectivity index (χ1n) is 9.54. The molecule has 0 unspecified atom stereocenters. The Hall–Kier alpha value is -3.64. The second-order valence-corrected chi connectivity index (χ2v) is 7.43. The number of carbonyl (C=O) groups excluding carboxylic acids is 2. The van der Waals surface area contributed by atoms with Gasteiger partial charge in [0.05, 0.1) is 6.54 Å². The maximum atomic E-state index is 13.1. The van der Waals surface area contributed by atoms with Gasteiger partial charge < -0.3 is 10.1 Å². The molecular weight excluding hydrogens is 419 g/mol.